The zero-order chi connectivity index (χ0) is 13.5. The second-order valence-corrected chi connectivity index (χ2v) is 4.99. The van der Waals surface area contributed by atoms with Crippen molar-refractivity contribution in [3.63, 3.8) is 0 Å². The topological polar surface area (TPSA) is 98.0 Å². The van der Waals surface area contributed by atoms with Gasteiger partial charge in [0.2, 0.25) is 11.9 Å². The van der Waals surface area contributed by atoms with Gasteiger partial charge in [0.05, 0.1) is 6.10 Å². The molecular formula is C10H20N6OS. The SMILES string of the molecule is CSCC(C)Nc1nc(NN)nc(OC(C)C)n1. The zero-order valence-electron chi connectivity index (χ0n) is 11.1. The minimum atomic E-state index is -0.00510. The van der Waals surface area contributed by atoms with Crippen molar-refractivity contribution in [1.29, 1.82) is 0 Å². The normalized spacial score (nSPS) is 12.3. The van der Waals surface area contributed by atoms with E-state index in [0.29, 0.717) is 5.95 Å². The molecule has 0 saturated carbocycles. The Labute approximate surface area is 111 Å². The van der Waals surface area contributed by atoms with E-state index in [4.69, 9.17) is 10.6 Å². The summed E-state index contributed by atoms with van der Waals surface area (Å²) in [5.74, 6) is 7.00. The Bertz CT molecular complexity index is 375. The first-order valence-electron chi connectivity index (χ1n) is 5.70. The van der Waals surface area contributed by atoms with E-state index in [2.05, 4.69) is 32.6 Å². The number of nitrogens with zero attached hydrogens (tertiary/aromatic N) is 3. The fourth-order valence-corrected chi connectivity index (χ4v) is 1.84. The minimum Gasteiger partial charge on any atom is -0.461 e. The Morgan fingerprint density at radius 1 is 1.22 bits per heavy atom. The van der Waals surface area contributed by atoms with Crippen LogP contribution in [0, 0.1) is 0 Å². The second-order valence-electron chi connectivity index (χ2n) is 4.08. The maximum Gasteiger partial charge on any atom is 0.323 e. The Hall–Kier alpha value is -1.28. The minimum absolute atomic E-state index is 0.00510. The van der Waals surface area contributed by atoms with Crippen LogP contribution < -0.4 is 21.3 Å². The molecule has 0 aliphatic carbocycles. The lowest BCUT2D eigenvalue weighted by molar-refractivity contribution is 0.222. The summed E-state index contributed by atoms with van der Waals surface area (Å²) in [6.45, 7) is 5.87. The lowest BCUT2D eigenvalue weighted by Crippen LogP contribution is -2.22. The van der Waals surface area contributed by atoms with E-state index in [9.17, 15) is 0 Å². The lowest BCUT2D eigenvalue weighted by atomic mass is 10.4. The summed E-state index contributed by atoms with van der Waals surface area (Å²) in [5, 5.41) is 3.17. The van der Waals surface area contributed by atoms with Gasteiger partial charge in [0.25, 0.3) is 0 Å². The molecule has 0 saturated heterocycles. The van der Waals surface area contributed by atoms with Crippen molar-refractivity contribution < 1.29 is 4.74 Å². The van der Waals surface area contributed by atoms with Crippen LogP contribution in [0.3, 0.4) is 0 Å². The number of nitrogens with one attached hydrogen (secondary N) is 2. The van der Waals surface area contributed by atoms with Gasteiger partial charge in [-0.1, -0.05) is 0 Å². The van der Waals surface area contributed by atoms with Crippen molar-refractivity contribution in [3.05, 3.63) is 0 Å². The number of hydrazine groups is 1. The van der Waals surface area contributed by atoms with E-state index < -0.39 is 0 Å². The standard InChI is InChI=1S/C10H20N6OS/c1-6(2)17-10-14-8(12-7(3)5-18-4)13-9(15-10)16-11/h6-7H,5,11H2,1-4H3,(H2,12,13,14,15,16). The van der Waals surface area contributed by atoms with Crippen LogP contribution in [0.2, 0.25) is 0 Å². The molecule has 0 fully saturated rings. The number of hydrogen-bond donors (Lipinski definition) is 3. The lowest BCUT2D eigenvalue weighted by Gasteiger charge is -2.14. The van der Waals surface area contributed by atoms with Gasteiger partial charge in [-0.15, -0.1) is 0 Å². The van der Waals surface area contributed by atoms with Gasteiger partial charge in [-0.3, -0.25) is 5.43 Å². The van der Waals surface area contributed by atoms with Crippen molar-refractivity contribution in [2.45, 2.75) is 32.9 Å². The summed E-state index contributed by atoms with van der Waals surface area (Å²) >= 11 is 1.75. The summed E-state index contributed by atoms with van der Waals surface area (Å²) in [6.07, 6.45) is 2.04. The van der Waals surface area contributed by atoms with Crippen molar-refractivity contribution >= 4 is 23.7 Å². The fourth-order valence-electron chi connectivity index (χ4n) is 1.26. The smallest absolute Gasteiger partial charge is 0.323 e. The number of aromatic nitrogens is 3. The van der Waals surface area contributed by atoms with Crippen molar-refractivity contribution in [3.8, 4) is 6.01 Å². The molecule has 1 atom stereocenters. The van der Waals surface area contributed by atoms with Gasteiger partial charge in [0.1, 0.15) is 0 Å². The molecule has 0 aliphatic heterocycles. The second kappa shape index (κ2) is 7.22. The highest BCUT2D eigenvalue weighted by Gasteiger charge is 2.10. The van der Waals surface area contributed by atoms with E-state index in [0.717, 1.165) is 5.75 Å². The number of anilines is 2. The Morgan fingerprint density at radius 2 is 1.89 bits per heavy atom. The number of ether oxygens (including phenoxy) is 1. The maximum atomic E-state index is 5.44. The van der Waals surface area contributed by atoms with Crippen LogP contribution in [0.1, 0.15) is 20.8 Å². The summed E-state index contributed by atoms with van der Waals surface area (Å²) < 4.78 is 5.44. The molecule has 8 heteroatoms. The van der Waals surface area contributed by atoms with Crippen LogP contribution in [-0.4, -0.2) is 39.1 Å². The molecule has 4 N–H and O–H groups in total. The molecule has 7 nitrogen and oxygen atoms in total. The van der Waals surface area contributed by atoms with Gasteiger partial charge in [0.15, 0.2) is 0 Å². The molecule has 102 valence electrons. The van der Waals surface area contributed by atoms with Crippen molar-refractivity contribution in [2.24, 2.45) is 5.84 Å². The molecule has 0 aromatic carbocycles. The van der Waals surface area contributed by atoms with Crippen LogP contribution in [0.25, 0.3) is 0 Å². The molecule has 0 aliphatic rings. The monoisotopic (exact) mass is 272 g/mol. The first-order chi connectivity index (χ1) is 8.55. The molecule has 1 unspecified atom stereocenters. The van der Waals surface area contributed by atoms with Crippen LogP contribution in [0.4, 0.5) is 11.9 Å². The average Bonchev–Trinajstić information content (AvgIpc) is 2.27. The Morgan fingerprint density at radius 3 is 2.44 bits per heavy atom. The number of thioether (sulfide) groups is 1. The first-order valence-corrected chi connectivity index (χ1v) is 7.09. The van der Waals surface area contributed by atoms with E-state index >= 15 is 0 Å². The molecule has 1 aromatic heterocycles. The van der Waals surface area contributed by atoms with Gasteiger partial charge in [-0.25, -0.2) is 5.84 Å². The van der Waals surface area contributed by atoms with Gasteiger partial charge in [-0.2, -0.15) is 26.7 Å². The molecule has 0 amide bonds. The average molecular weight is 272 g/mol. The summed E-state index contributed by atoms with van der Waals surface area (Å²) in [6, 6.07) is 0.506. The zero-order valence-corrected chi connectivity index (χ0v) is 11.9. The van der Waals surface area contributed by atoms with E-state index in [1.165, 1.54) is 0 Å². The number of nitrogens with two attached hydrogens (primary N) is 1. The number of nitrogen functional groups attached to an aromatic ring is 1. The number of hydrogen-bond acceptors (Lipinski definition) is 8. The fraction of sp³-hybridized carbons (Fsp3) is 0.700. The molecule has 18 heavy (non-hydrogen) atoms. The highest BCUT2D eigenvalue weighted by Crippen LogP contribution is 2.13. The molecule has 1 rings (SSSR count). The predicted molar refractivity (Wildman–Crippen MR) is 74.9 cm³/mol. The van der Waals surface area contributed by atoms with E-state index in [-0.39, 0.29) is 24.1 Å². The van der Waals surface area contributed by atoms with Crippen LogP contribution in [0.5, 0.6) is 6.01 Å². The summed E-state index contributed by atoms with van der Waals surface area (Å²) in [5.41, 5.74) is 2.40. The first kappa shape index (κ1) is 14.8. The highest BCUT2D eigenvalue weighted by molar-refractivity contribution is 7.98. The largest absolute Gasteiger partial charge is 0.461 e. The van der Waals surface area contributed by atoms with E-state index in [1.54, 1.807) is 11.8 Å². The third-order valence-electron chi connectivity index (χ3n) is 1.88. The van der Waals surface area contributed by atoms with Crippen LogP contribution >= 0.6 is 11.8 Å². The molecule has 0 spiro atoms. The Balaban J connectivity index is 2.82. The van der Waals surface area contributed by atoms with Gasteiger partial charge < -0.3 is 10.1 Å². The van der Waals surface area contributed by atoms with E-state index in [1.807, 2.05) is 20.1 Å². The Kier molecular flexibility index (Phi) is 5.93. The van der Waals surface area contributed by atoms with Crippen molar-refractivity contribution in [1.82, 2.24) is 15.0 Å². The predicted octanol–water partition coefficient (Wildman–Crippen LogP) is 1.11. The van der Waals surface area contributed by atoms with Crippen molar-refractivity contribution in [2.75, 3.05) is 22.8 Å². The summed E-state index contributed by atoms with van der Waals surface area (Å²) in [4.78, 5) is 12.3. The number of rotatable bonds is 7. The van der Waals surface area contributed by atoms with Gasteiger partial charge in [0, 0.05) is 11.8 Å². The van der Waals surface area contributed by atoms with Crippen LogP contribution in [0.15, 0.2) is 0 Å². The third kappa shape index (κ3) is 4.92. The third-order valence-corrected chi connectivity index (χ3v) is 2.71. The molecule has 1 heterocycles. The summed E-state index contributed by atoms with van der Waals surface area (Å²) in [7, 11) is 0. The molecule has 1 aromatic rings. The highest BCUT2D eigenvalue weighted by atomic mass is 32.2. The molecule has 0 radical (unpaired) electrons. The quantitative estimate of drug-likeness (QED) is 0.501. The van der Waals surface area contributed by atoms with Gasteiger partial charge in [-0.05, 0) is 27.0 Å². The molecular weight excluding hydrogens is 252 g/mol. The molecule has 0 bridgehead atoms. The van der Waals surface area contributed by atoms with Crippen LogP contribution in [-0.2, 0) is 0 Å². The van der Waals surface area contributed by atoms with Gasteiger partial charge >= 0.3 is 6.01 Å². The maximum absolute atomic E-state index is 5.44.